The lowest BCUT2D eigenvalue weighted by atomic mass is 9.97. The highest BCUT2D eigenvalue weighted by molar-refractivity contribution is 5.88. The maximum atomic E-state index is 13.9. The zero-order chi connectivity index (χ0) is 32.0. The van der Waals surface area contributed by atoms with Gasteiger partial charge in [-0.2, -0.15) is 0 Å². The number of aliphatic hydroxyl groups excluding tert-OH is 6. The van der Waals surface area contributed by atoms with E-state index in [4.69, 9.17) is 28.1 Å². The number of ether oxygens (including phenoxy) is 5. The Morgan fingerprint density at radius 3 is 2.20 bits per heavy atom. The Kier molecular flexibility index (Phi) is 8.90. The lowest BCUT2D eigenvalue weighted by Crippen LogP contribution is -2.64. The van der Waals surface area contributed by atoms with E-state index in [1.54, 1.807) is 0 Å². The highest BCUT2D eigenvalue weighted by Crippen LogP contribution is 2.40. The summed E-state index contributed by atoms with van der Waals surface area (Å²) in [6.07, 6.45) is -16.5. The second-order valence-corrected chi connectivity index (χ2v) is 10.4. The molecule has 2 fully saturated rings. The van der Waals surface area contributed by atoms with Crippen LogP contribution in [0.5, 0.6) is 28.7 Å². The molecule has 9 N–H and O–H groups in total. The minimum absolute atomic E-state index is 0.00106. The molecule has 1 aromatic heterocycles. The van der Waals surface area contributed by atoms with Crippen LogP contribution in [-0.2, 0) is 14.2 Å². The SMILES string of the molecule is COc1cc(O)c2c(=O)c(O[C@@H]3O[C@H](CO)[C@@H](O)[C@H](O)[C@H]3O[C@@H]3O[C@H](C)[C@H](O)[C@@H](O)[C@@H]3O)c(-c3ccc(O)c(O)c3)oc2c1. The fourth-order valence-electron chi connectivity index (χ4n) is 5.03. The van der Waals surface area contributed by atoms with Crippen molar-refractivity contribution in [2.24, 2.45) is 0 Å². The molecule has 2 aliphatic heterocycles. The van der Waals surface area contributed by atoms with E-state index in [0.717, 1.165) is 18.2 Å². The van der Waals surface area contributed by atoms with E-state index in [-0.39, 0.29) is 28.0 Å². The number of rotatable bonds is 7. The van der Waals surface area contributed by atoms with Crippen LogP contribution in [0, 0.1) is 0 Å². The minimum atomic E-state index is -1.90. The summed E-state index contributed by atoms with van der Waals surface area (Å²) >= 11 is 0. The molecule has 240 valence electrons. The molecule has 10 atom stereocenters. The Balaban J connectivity index is 1.63. The number of phenolic OH excluding ortho intramolecular Hbond substituents is 3. The molecule has 0 spiro atoms. The summed E-state index contributed by atoms with van der Waals surface area (Å²) in [5, 5.41) is 92.3. The molecule has 0 bridgehead atoms. The Bertz CT molecular complexity index is 1560. The second-order valence-electron chi connectivity index (χ2n) is 10.4. The molecule has 2 saturated heterocycles. The normalized spacial score (nSPS) is 32.5. The molecule has 2 aromatic carbocycles. The molecule has 3 aromatic rings. The Morgan fingerprint density at radius 2 is 1.55 bits per heavy atom. The Labute approximate surface area is 248 Å². The van der Waals surface area contributed by atoms with Gasteiger partial charge < -0.3 is 74.1 Å². The average Bonchev–Trinajstić information content (AvgIpc) is 3.00. The first-order valence-electron chi connectivity index (χ1n) is 13.4. The number of phenols is 3. The van der Waals surface area contributed by atoms with Gasteiger partial charge in [0.25, 0.3) is 0 Å². The third-order valence-corrected chi connectivity index (χ3v) is 7.54. The van der Waals surface area contributed by atoms with Crippen molar-refractivity contribution >= 4 is 11.0 Å². The third kappa shape index (κ3) is 5.63. The van der Waals surface area contributed by atoms with Gasteiger partial charge in [-0.25, -0.2) is 0 Å². The molecule has 2 aliphatic rings. The van der Waals surface area contributed by atoms with Gasteiger partial charge in [0, 0.05) is 17.7 Å². The Hall–Kier alpha value is -3.71. The first kappa shape index (κ1) is 31.7. The first-order chi connectivity index (χ1) is 20.9. The van der Waals surface area contributed by atoms with Gasteiger partial charge in [-0.05, 0) is 25.1 Å². The van der Waals surface area contributed by atoms with Crippen LogP contribution < -0.4 is 14.9 Å². The van der Waals surface area contributed by atoms with Crippen LogP contribution in [-0.4, -0.2) is 121 Å². The van der Waals surface area contributed by atoms with Crippen molar-refractivity contribution < 1.29 is 74.1 Å². The van der Waals surface area contributed by atoms with E-state index < -0.39 is 96.4 Å². The van der Waals surface area contributed by atoms with Gasteiger partial charge in [-0.15, -0.1) is 0 Å². The summed E-state index contributed by atoms with van der Waals surface area (Å²) < 4.78 is 33.7. The van der Waals surface area contributed by atoms with Crippen molar-refractivity contribution in [1.29, 1.82) is 0 Å². The number of aromatic hydroxyl groups is 3. The summed E-state index contributed by atoms with van der Waals surface area (Å²) in [5.41, 5.74) is -1.14. The monoisotopic (exact) mass is 624 g/mol. The molecule has 0 unspecified atom stereocenters. The van der Waals surface area contributed by atoms with Crippen molar-refractivity contribution in [3.8, 4) is 40.1 Å². The van der Waals surface area contributed by atoms with Gasteiger partial charge >= 0.3 is 0 Å². The molecule has 5 rings (SSSR count). The molecule has 0 radical (unpaired) electrons. The van der Waals surface area contributed by atoms with E-state index in [2.05, 4.69) is 0 Å². The summed E-state index contributed by atoms with van der Waals surface area (Å²) in [4.78, 5) is 13.9. The second kappa shape index (κ2) is 12.4. The van der Waals surface area contributed by atoms with Crippen molar-refractivity contribution in [2.45, 2.75) is 68.3 Å². The van der Waals surface area contributed by atoms with E-state index in [1.807, 2.05) is 0 Å². The van der Waals surface area contributed by atoms with Crippen molar-refractivity contribution in [3.63, 3.8) is 0 Å². The smallest absolute Gasteiger partial charge is 0.239 e. The van der Waals surface area contributed by atoms with Crippen LogP contribution in [0.25, 0.3) is 22.3 Å². The van der Waals surface area contributed by atoms with Gasteiger partial charge in [-0.3, -0.25) is 4.79 Å². The van der Waals surface area contributed by atoms with Gasteiger partial charge in [0.2, 0.25) is 17.5 Å². The average molecular weight is 625 g/mol. The van der Waals surface area contributed by atoms with Crippen LogP contribution in [0.15, 0.2) is 39.5 Å². The molecule has 0 saturated carbocycles. The molecule has 0 amide bonds. The largest absolute Gasteiger partial charge is 0.507 e. The maximum absolute atomic E-state index is 13.9. The van der Waals surface area contributed by atoms with Gasteiger partial charge in [0.05, 0.1) is 19.8 Å². The molecule has 16 nitrogen and oxygen atoms in total. The number of methoxy groups -OCH3 is 1. The van der Waals surface area contributed by atoms with Gasteiger partial charge in [-0.1, -0.05) is 0 Å². The zero-order valence-electron chi connectivity index (χ0n) is 23.3. The quantitative estimate of drug-likeness (QED) is 0.137. The molecule has 16 heteroatoms. The number of hydrogen-bond acceptors (Lipinski definition) is 16. The molecule has 3 heterocycles. The fraction of sp³-hybridized carbons (Fsp3) is 0.464. The highest BCUT2D eigenvalue weighted by Gasteiger charge is 2.51. The van der Waals surface area contributed by atoms with E-state index in [1.165, 1.54) is 26.2 Å². The lowest BCUT2D eigenvalue weighted by Gasteiger charge is -2.45. The molecule has 44 heavy (non-hydrogen) atoms. The predicted molar refractivity (Wildman–Crippen MR) is 145 cm³/mol. The predicted octanol–water partition coefficient (Wildman–Crippen LogP) is -1.38. The van der Waals surface area contributed by atoms with Crippen molar-refractivity contribution in [1.82, 2.24) is 0 Å². The molecular formula is C28H32O16. The zero-order valence-corrected chi connectivity index (χ0v) is 23.3. The minimum Gasteiger partial charge on any atom is -0.507 e. The number of fused-ring (bicyclic) bond motifs is 1. The summed E-state index contributed by atoms with van der Waals surface area (Å²) in [6, 6.07) is 5.88. The molecule has 0 aliphatic carbocycles. The van der Waals surface area contributed by atoms with E-state index >= 15 is 0 Å². The highest BCUT2D eigenvalue weighted by atomic mass is 16.8. The fourth-order valence-corrected chi connectivity index (χ4v) is 5.03. The van der Waals surface area contributed by atoms with Gasteiger partial charge in [0.1, 0.15) is 59.1 Å². The van der Waals surface area contributed by atoms with Crippen molar-refractivity contribution in [3.05, 3.63) is 40.6 Å². The van der Waals surface area contributed by atoms with Crippen LogP contribution in [0.2, 0.25) is 0 Å². The number of benzene rings is 2. The van der Waals surface area contributed by atoms with Crippen molar-refractivity contribution in [2.75, 3.05) is 13.7 Å². The number of aliphatic hydroxyl groups is 6. The number of hydrogen-bond donors (Lipinski definition) is 9. The maximum Gasteiger partial charge on any atom is 0.239 e. The topological polar surface area (TPSA) is 258 Å². The third-order valence-electron chi connectivity index (χ3n) is 7.54. The Morgan fingerprint density at radius 1 is 0.818 bits per heavy atom. The summed E-state index contributed by atoms with van der Waals surface area (Å²) in [5.74, 6) is -2.51. The van der Waals surface area contributed by atoms with E-state index in [0.29, 0.717) is 0 Å². The van der Waals surface area contributed by atoms with E-state index in [9.17, 15) is 50.8 Å². The molecular weight excluding hydrogens is 592 g/mol. The summed E-state index contributed by atoms with van der Waals surface area (Å²) in [7, 11) is 1.32. The van der Waals surface area contributed by atoms with Crippen LogP contribution in [0.1, 0.15) is 6.92 Å². The lowest BCUT2D eigenvalue weighted by molar-refractivity contribution is -0.354. The van der Waals surface area contributed by atoms with Crippen LogP contribution in [0.3, 0.4) is 0 Å². The van der Waals surface area contributed by atoms with Gasteiger partial charge in [0.15, 0.2) is 29.7 Å². The standard InChI is InChI=1S/C28H32O16/c1-9-18(33)21(36)23(38)27(40-9)44-26-22(37)19(34)16(8-29)42-28(26)43-25-20(35)17-14(32)6-11(39-2)7-15(17)41-24(25)10-3-4-12(30)13(31)5-10/h3-7,9,16,18-19,21-23,26-34,36-38H,8H2,1-2H3/t9-,16-,18+,19-,21-,22+,23+,26-,27+,28+/m1/s1. The summed E-state index contributed by atoms with van der Waals surface area (Å²) in [6.45, 7) is 0.566. The van der Waals surface area contributed by atoms with Crippen LogP contribution in [0.4, 0.5) is 0 Å². The van der Waals surface area contributed by atoms with Crippen LogP contribution >= 0.6 is 0 Å². The first-order valence-corrected chi connectivity index (χ1v) is 13.4.